The molecule has 7 nitrogen and oxygen atoms in total. The average molecular weight is 396 g/mol. The number of alkyl halides is 1. The largest absolute Gasteiger partial charge is 0.463 e. The van der Waals surface area contributed by atoms with Crippen LogP contribution in [0.15, 0.2) is 18.2 Å². The van der Waals surface area contributed by atoms with Crippen LogP contribution >= 0.6 is 11.6 Å². The predicted molar refractivity (Wildman–Crippen MR) is 98.8 cm³/mol. The molecule has 0 amide bonds. The van der Waals surface area contributed by atoms with Crippen molar-refractivity contribution in [1.82, 2.24) is 20.6 Å². The zero-order chi connectivity index (χ0) is 18.7. The Labute approximate surface area is 162 Å². The van der Waals surface area contributed by atoms with Gasteiger partial charge in [-0.2, -0.15) is 5.21 Å². The molecule has 2 fully saturated rings. The molecule has 4 rings (SSSR count). The molecule has 3 heterocycles. The van der Waals surface area contributed by atoms with Crippen LogP contribution in [-0.4, -0.2) is 52.8 Å². The van der Waals surface area contributed by atoms with Crippen LogP contribution in [0.5, 0.6) is 5.75 Å². The van der Waals surface area contributed by atoms with E-state index in [1.807, 2.05) is 6.07 Å². The van der Waals surface area contributed by atoms with E-state index in [1.165, 1.54) is 0 Å². The molecule has 2 aliphatic heterocycles. The standard InChI is InChI=1S/C18H23ClFN5O2/c19-15-2-1-14(26-12-20)10-16(15)25-7-5-18(6-8-25)4-3-13(11-27-18)9-17-21-23-24-22-17/h1-2,10,13H,3-9,11-12H2,(H,21,22,23,24). The molecule has 0 aliphatic carbocycles. The third kappa shape index (κ3) is 4.16. The van der Waals surface area contributed by atoms with Crippen molar-refractivity contribution in [2.45, 2.75) is 37.7 Å². The third-order valence-electron chi connectivity index (χ3n) is 5.65. The second-order valence-electron chi connectivity index (χ2n) is 7.28. The highest BCUT2D eigenvalue weighted by atomic mass is 35.5. The van der Waals surface area contributed by atoms with Gasteiger partial charge in [0.2, 0.25) is 6.86 Å². The van der Waals surface area contributed by atoms with Gasteiger partial charge in [-0.05, 0) is 43.7 Å². The fourth-order valence-electron chi connectivity index (χ4n) is 4.04. The van der Waals surface area contributed by atoms with Gasteiger partial charge in [0, 0.05) is 25.6 Å². The minimum absolute atomic E-state index is 0.0518. The van der Waals surface area contributed by atoms with Crippen molar-refractivity contribution in [3.05, 3.63) is 29.0 Å². The quantitative estimate of drug-likeness (QED) is 0.838. The normalized spacial score (nSPS) is 22.1. The summed E-state index contributed by atoms with van der Waals surface area (Å²) in [5.41, 5.74) is 0.840. The molecule has 27 heavy (non-hydrogen) atoms. The topological polar surface area (TPSA) is 76.2 Å². The molecule has 2 aliphatic rings. The summed E-state index contributed by atoms with van der Waals surface area (Å²) in [7, 11) is 0. The van der Waals surface area contributed by atoms with E-state index in [0.717, 1.165) is 63.3 Å². The Morgan fingerprint density at radius 3 is 2.85 bits per heavy atom. The number of aromatic amines is 1. The molecule has 1 atom stereocenters. The number of nitrogens with zero attached hydrogens (tertiary/aromatic N) is 4. The van der Waals surface area contributed by atoms with Gasteiger partial charge in [-0.3, -0.25) is 0 Å². The summed E-state index contributed by atoms with van der Waals surface area (Å²) < 4.78 is 23.7. The van der Waals surface area contributed by atoms with E-state index < -0.39 is 6.86 Å². The molecule has 146 valence electrons. The van der Waals surface area contributed by atoms with Gasteiger partial charge in [0.25, 0.3) is 0 Å². The van der Waals surface area contributed by atoms with Crippen LogP contribution in [0.25, 0.3) is 0 Å². The molecule has 0 radical (unpaired) electrons. The number of H-pyrrole nitrogens is 1. The number of anilines is 1. The van der Waals surface area contributed by atoms with Crippen molar-refractivity contribution in [1.29, 1.82) is 0 Å². The molecule has 2 aromatic rings. The predicted octanol–water partition coefficient (Wildman–Crippen LogP) is 3.17. The van der Waals surface area contributed by atoms with E-state index in [2.05, 4.69) is 25.5 Å². The zero-order valence-corrected chi connectivity index (χ0v) is 15.8. The molecule has 0 saturated carbocycles. The maximum absolute atomic E-state index is 12.4. The summed E-state index contributed by atoms with van der Waals surface area (Å²) in [5, 5.41) is 14.8. The highest BCUT2D eigenvalue weighted by Gasteiger charge is 2.39. The van der Waals surface area contributed by atoms with Gasteiger partial charge >= 0.3 is 0 Å². The first-order valence-electron chi connectivity index (χ1n) is 9.27. The second-order valence-corrected chi connectivity index (χ2v) is 7.69. The minimum Gasteiger partial charge on any atom is -0.463 e. The number of hydrogen-bond acceptors (Lipinski definition) is 6. The van der Waals surface area contributed by atoms with Crippen molar-refractivity contribution in [2.75, 3.05) is 31.5 Å². The van der Waals surface area contributed by atoms with E-state index in [0.29, 0.717) is 16.7 Å². The average Bonchev–Trinajstić information content (AvgIpc) is 3.20. The molecular formula is C18H23ClFN5O2. The SMILES string of the molecule is FCOc1ccc(Cl)c(N2CCC3(CCC(Cc4nn[nH]n4)CO3)CC2)c1. The van der Waals surface area contributed by atoms with Gasteiger partial charge in [0.05, 0.1) is 22.9 Å². The maximum Gasteiger partial charge on any atom is 0.228 e. The molecule has 0 bridgehead atoms. The molecule has 1 unspecified atom stereocenters. The van der Waals surface area contributed by atoms with Crippen molar-refractivity contribution < 1.29 is 13.9 Å². The second kappa shape index (κ2) is 7.98. The molecule has 1 aromatic heterocycles. The Morgan fingerprint density at radius 2 is 2.19 bits per heavy atom. The first-order chi connectivity index (χ1) is 13.2. The Bertz CT molecular complexity index is 742. The number of benzene rings is 1. The van der Waals surface area contributed by atoms with E-state index in [9.17, 15) is 4.39 Å². The number of nitrogens with one attached hydrogen (secondary N) is 1. The lowest BCUT2D eigenvalue weighted by Gasteiger charge is -2.46. The highest BCUT2D eigenvalue weighted by molar-refractivity contribution is 6.33. The first-order valence-corrected chi connectivity index (χ1v) is 9.65. The number of halogens is 2. The fourth-order valence-corrected chi connectivity index (χ4v) is 4.28. The van der Waals surface area contributed by atoms with Crippen LogP contribution in [-0.2, 0) is 11.2 Å². The monoisotopic (exact) mass is 395 g/mol. The molecule has 1 aromatic carbocycles. The van der Waals surface area contributed by atoms with Gasteiger partial charge in [-0.15, -0.1) is 10.2 Å². The summed E-state index contributed by atoms with van der Waals surface area (Å²) in [6.45, 7) is 1.60. The van der Waals surface area contributed by atoms with E-state index >= 15 is 0 Å². The number of ether oxygens (including phenoxy) is 2. The summed E-state index contributed by atoms with van der Waals surface area (Å²) >= 11 is 6.35. The lowest BCUT2D eigenvalue weighted by atomic mass is 9.81. The van der Waals surface area contributed by atoms with Gasteiger partial charge in [0.15, 0.2) is 5.82 Å². The number of rotatable bonds is 5. The number of piperidine rings is 1. The van der Waals surface area contributed by atoms with Gasteiger partial charge < -0.3 is 14.4 Å². The van der Waals surface area contributed by atoms with Crippen LogP contribution in [0.4, 0.5) is 10.1 Å². The maximum atomic E-state index is 12.4. The van der Waals surface area contributed by atoms with E-state index in [4.69, 9.17) is 21.1 Å². The minimum atomic E-state index is -0.844. The smallest absolute Gasteiger partial charge is 0.228 e. The Kier molecular flexibility index (Phi) is 5.45. The highest BCUT2D eigenvalue weighted by Crippen LogP contribution is 2.40. The van der Waals surface area contributed by atoms with Crippen LogP contribution in [0, 0.1) is 5.92 Å². The zero-order valence-electron chi connectivity index (χ0n) is 15.0. The van der Waals surface area contributed by atoms with E-state index in [-0.39, 0.29) is 5.60 Å². The van der Waals surface area contributed by atoms with Gasteiger partial charge in [0.1, 0.15) is 5.75 Å². The van der Waals surface area contributed by atoms with Gasteiger partial charge in [-0.25, -0.2) is 4.39 Å². The van der Waals surface area contributed by atoms with Crippen molar-refractivity contribution in [2.24, 2.45) is 5.92 Å². The third-order valence-corrected chi connectivity index (χ3v) is 5.97. The Hall–Kier alpha value is -1.93. The Morgan fingerprint density at radius 1 is 1.33 bits per heavy atom. The summed E-state index contributed by atoms with van der Waals surface area (Å²) in [6.07, 6.45) is 4.85. The summed E-state index contributed by atoms with van der Waals surface area (Å²) in [4.78, 5) is 2.23. The summed E-state index contributed by atoms with van der Waals surface area (Å²) in [5.74, 6) is 1.69. The molecule has 2 saturated heterocycles. The number of hydrogen-bond donors (Lipinski definition) is 1. The first kappa shape index (κ1) is 18.4. The van der Waals surface area contributed by atoms with Crippen molar-refractivity contribution in [3.63, 3.8) is 0 Å². The molecule has 9 heteroatoms. The summed E-state index contributed by atoms with van der Waals surface area (Å²) in [6, 6.07) is 5.25. The van der Waals surface area contributed by atoms with Crippen LogP contribution in [0.1, 0.15) is 31.5 Å². The van der Waals surface area contributed by atoms with Gasteiger partial charge in [-0.1, -0.05) is 16.8 Å². The van der Waals surface area contributed by atoms with E-state index in [1.54, 1.807) is 12.1 Å². The van der Waals surface area contributed by atoms with Crippen molar-refractivity contribution >= 4 is 17.3 Å². The Balaban J connectivity index is 1.33. The molecule has 1 N–H and O–H groups in total. The lowest BCUT2D eigenvalue weighted by molar-refractivity contribution is -0.113. The van der Waals surface area contributed by atoms with Crippen molar-refractivity contribution in [3.8, 4) is 5.75 Å². The van der Waals surface area contributed by atoms with Crippen LogP contribution < -0.4 is 9.64 Å². The lowest BCUT2D eigenvalue weighted by Crippen LogP contribution is -2.49. The van der Waals surface area contributed by atoms with Crippen LogP contribution in [0.2, 0.25) is 5.02 Å². The number of tetrazole rings is 1. The fraction of sp³-hybridized carbons (Fsp3) is 0.611. The molecular weight excluding hydrogens is 373 g/mol. The number of aromatic nitrogens is 4. The molecule has 1 spiro atoms. The van der Waals surface area contributed by atoms with Crippen LogP contribution in [0.3, 0.4) is 0 Å².